The molecule has 1 unspecified atom stereocenters. The highest BCUT2D eigenvalue weighted by Crippen LogP contribution is 2.31. The summed E-state index contributed by atoms with van der Waals surface area (Å²) >= 11 is 0. The molecular formula is C26H27N3O5. The summed E-state index contributed by atoms with van der Waals surface area (Å²) in [6, 6.07) is 14.2. The number of hydrogen-bond acceptors (Lipinski definition) is 5. The third-order valence-electron chi connectivity index (χ3n) is 6.97. The fourth-order valence-electron chi connectivity index (χ4n) is 5.12. The third kappa shape index (κ3) is 4.33. The van der Waals surface area contributed by atoms with Crippen LogP contribution in [0, 0.1) is 5.92 Å². The molecular weight excluding hydrogens is 434 g/mol. The lowest BCUT2D eigenvalue weighted by molar-refractivity contribution is -0.136. The second kappa shape index (κ2) is 9.38. The number of imide groups is 1. The van der Waals surface area contributed by atoms with Crippen LogP contribution in [-0.4, -0.2) is 47.8 Å². The molecule has 2 fully saturated rings. The number of rotatable bonds is 5. The molecule has 2 aromatic rings. The van der Waals surface area contributed by atoms with Gasteiger partial charge in [-0.25, -0.2) is 0 Å². The van der Waals surface area contributed by atoms with Gasteiger partial charge in [0.15, 0.2) is 0 Å². The van der Waals surface area contributed by atoms with Crippen molar-refractivity contribution in [3.8, 4) is 0 Å². The van der Waals surface area contributed by atoms with Crippen molar-refractivity contribution in [3.63, 3.8) is 0 Å². The predicted octanol–water partition coefficient (Wildman–Crippen LogP) is 2.35. The van der Waals surface area contributed by atoms with Crippen molar-refractivity contribution in [1.29, 1.82) is 0 Å². The van der Waals surface area contributed by atoms with Crippen LogP contribution in [0.15, 0.2) is 48.5 Å². The van der Waals surface area contributed by atoms with Gasteiger partial charge in [0.25, 0.3) is 11.8 Å². The van der Waals surface area contributed by atoms with Gasteiger partial charge in [-0.05, 0) is 54.5 Å². The largest absolute Gasteiger partial charge is 0.381 e. The van der Waals surface area contributed by atoms with Crippen molar-refractivity contribution >= 4 is 23.6 Å². The Hall–Kier alpha value is -3.52. The van der Waals surface area contributed by atoms with Gasteiger partial charge in [-0.3, -0.25) is 24.5 Å². The van der Waals surface area contributed by atoms with E-state index >= 15 is 0 Å². The Bertz CT molecular complexity index is 1130. The summed E-state index contributed by atoms with van der Waals surface area (Å²) in [6.07, 6.45) is 2.26. The fourth-order valence-corrected chi connectivity index (χ4v) is 5.12. The van der Waals surface area contributed by atoms with Crippen LogP contribution in [-0.2, 0) is 20.9 Å². The maximum absolute atomic E-state index is 13.3. The number of nitrogens with zero attached hydrogens (tertiary/aromatic N) is 1. The van der Waals surface area contributed by atoms with E-state index in [9.17, 15) is 19.2 Å². The Morgan fingerprint density at radius 1 is 1.03 bits per heavy atom. The van der Waals surface area contributed by atoms with Crippen LogP contribution in [0.3, 0.4) is 0 Å². The molecule has 8 heteroatoms. The summed E-state index contributed by atoms with van der Waals surface area (Å²) in [5.74, 6) is -0.936. The smallest absolute Gasteiger partial charge is 0.255 e. The third-order valence-corrected chi connectivity index (χ3v) is 6.97. The average Bonchev–Trinajstić information content (AvgIpc) is 3.19. The molecule has 5 rings (SSSR count). The molecule has 2 atom stereocenters. The minimum absolute atomic E-state index is 0.132. The molecule has 2 aromatic carbocycles. The van der Waals surface area contributed by atoms with E-state index < -0.39 is 11.9 Å². The molecule has 3 aliphatic rings. The quantitative estimate of drug-likeness (QED) is 0.665. The molecule has 0 aliphatic carbocycles. The number of carbonyl (C=O) groups excluding carboxylic acids is 4. The van der Waals surface area contributed by atoms with Crippen LogP contribution in [0.25, 0.3) is 0 Å². The van der Waals surface area contributed by atoms with Crippen LogP contribution < -0.4 is 10.6 Å². The minimum Gasteiger partial charge on any atom is -0.381 e. The predicted molar refractivity (Wildman–Crippen MR) is 123 cm³/mol. The summed E-state index contributed by atoms with van der Waals surface area (Å²) < 4.78 is 5.51. The van der Waals surface area contributed by atoms with Crippen molar-refractivity contribution in [2.24, 2.45) is 5.92 Å². The summed E-state index contributed by atoms with van der Waals surface area (Å²) in [6.45, 7) is 1.60. The average molecular weight is 462 g/mol. The highest BCUT2D eigenvalue weighted by atomic mass is 16.5. The molecule has 4 amide bonds. The minimum atomic E-state index is -0.675. The molecule has 34 heavy (non-hydrogen) atoms. The Morgan fingerprint density at radius 3 is 2.53 bits per heavy atom. The number of ether oxygens (including phenoxy) is 1. The van der Waals surface area contributed by atoms with Gasteiger partial charge in [0.2, 0.25) is 11.8 Å². The van der Waals surface area contributed by atoms with Gasteiger partial charge in [0, 0.05) is 37.3 Å². The molecule has 8 nitrogen and oxygen atoms in total. The zero-order valence-electron chi connectivity index (χ0n) is 18.8. The van der Waals surface area contributed by atoms with Crippen molar-refractivity contribution in [1.82, 2.24) is 15.5 Å². The molecule has 2 saturated heterocycles. The first-order chi connectivity index (χ1) is 16.5. The van der Waals surface area contributed by atoms with Gasteiger partial charge < -0.3 is 15.0 Å². The van der Waals surface area contributed by atoms with E-state index in [-0.39, 0.29) is 42.6 Å². The molecule has 0 radical (unpaired) electrons. The van der Waals surface area contributed by atoms with E-state index in [1.165, 1.54) is 4.90 Å². The maximum Gasteiger partial charge on any atom is 0.255 e. The Balaban J connectivity index is 1.34. The van der Waals surface area contributed by atoms with E-state index in [2.05, 4.69) is 10.6 Å². The molecule has 3 heterocycles. The standard InChI is InChI=1S/C26H27N3O5/c30-22-9-8-21(25(32)27-22)29-15-19-14-18(6-7-20(19)26(29)33)24(31)28-23(16-4-2-1-3-5-16)17-10-12-34-13-11-17/h1-7,14,17,21,23H,8-13,15H2,(H,28,31)(H,27,30,32)/t21?,23-/m1/s1. The fraction of sp³-hybridized carbons (Fsp3) is 0.385. The van der Waals surface area contributed by atoms with Gasteiger partial charge in [-0.1, -0.05) is 30.3 Å². The van der Waals surface area contributed by atoms with E-state index in [1.54, 1.807) is 18.2 Å². The summed E-state index contributed by atoms with van der Waals surface area (Å²) in [5, 5.41) is 5.52. The second-order valence-electron chi connectivity index (χ2n) is 9.08. The van der Waals surface area contributed by atoms with Crippen molar-refractivity contribution in [3.05, 3.63) is 70.8 Å². The Morgan fingerprint density at radius 2 is 1.79 bits per heavy atom. The lowest BCUT2D eigenvalue weighted by Gasteiger charge is -2.31. The number of fused-ring (bicyclic) bond motifs is 1. The number of carbonyl (C=O) groups is 4. The number of piperidine rings is 1. The second-order valence-corrected chi connectivity index (χ2v) is 9.08. The maximum atomic E-state index is 13.3. The lowest BCUT2D eigenvalue weighted by atomic mass is 9.87. The van der Waals surface area contributed by atoms with Gasteiger partial charge in [0.05, 0.1) is 6.04 Å². The molecule has 0 aromatic heterocycles. The molecule has 3 aliphatic heterocycles. The summed E-state index contributed by atoms with van der Waals surface area (Å²) in [5.41, 5.74) is 2.74. The first-order valence-electron chi connectivity index (χ1n) is 11.7. The van der Waals surface area contributed by atoms with Crippen LogP contribution in [0.1, 0.15) is 63.6 Å². The van der Waals surface area contributed by atoms with E-state index in [1.807, 2.05) is 30.3 Å². The van der Waals surface area contributed by atoms with E-state index in [0.29, 0.717) is 36.3 Å². The number of hydrogen-bond donors (Lipinski definition) is 2. The normalized spacial score (nSPS) is 21.7. The Kier molecular flexibility index (Phi) is 6.15. The van der Waals surface area contributed by atoms with E-state index in [0.717, 1.165) is 18.4 Å². The SMILES string of the molecule is O=C1CCC(N2Cc3cc(C(=O)N[C@H](c4ccccc4)C4CCOCC4)ccc3C2=O)C(=O)N1. The van der Waals surface area contributed by atoms with Crippen LogP contribution in [0.5, 0.6) is 0 Å². The highest BCUT2D eigenvalue weighted by molar-refractivity contribution is 6.06. The van der Waals surface area contributed by atoms with Crippen LogP contribution in [0.4, 0.5) is 0 Å². The van der Waals surface area contributed by atoms with E-state index in [4.69, 9.17) is 4.74 Å². The van der Waals surface area contributed by atoms with Gasteiger partial charge >= 0.3 is 0 Å². The highest BCUT2D eigenvalue weighted by Gasteiger charge is 2.39. The number of amides is 4. The van der Waals surface area contributed by atoms with Crippen LogP contribution >= 0.6 is 0 Å². The van der Waals surface area contributed by atoms with Gasteiger partial charge in [-0.15, -0.1) is 0 Å². The molecule has 176 valence electrons. The number of benzene rings is 2. The molecule has 0 bridgehead atoms. The van der Waals surface area contributed by atoms with Crippen molar-refractivity contribution < 1.29 is 23.9 Å². The Labute approximate surface area is 197 Å². The van der Waals surface area contributed by atoms with Crippen molar-refractivity contribution in [2.75, 3.05) is 13.2 Å². The molecule has 0 saturated carbocycles. The summed E-state index contributed by atoms with van der Waals surface area (Å²) in [7, 11) is 0. The molecule has 2 N–H and O–H groups in total. The summed E-state index contributed by atoms with van der Waals surface area (Å²) in [4.78, 5) is 51.4. The zero-order chi connectivity index (χ0) is 23.7. The van der Waals surface area contributed by atoms with Crippen LogP contribution in [0.2, 0.25) is 0 Å². The first kappa shape index (κ1) is 22.3. The van der Waals surface area contributed by atoms with Crippen molar-refractivity contribution in [2.45, 2.75) is 44.3 Å². The zero-order valence-corrected chi connectivity index (χ0v) is 18.8. The topological polar surface area (TPSA) is 105 Å². The number of nitrogens with one attached hydrogen (secondary N) is 2. The van der Waals surface area contributed by atoms with Gasteiger partial charge in [-0.2, -0.15) is 0 Å². The van der Waals surface area contributed by atoms with Gasteiger partial charge in [0.1, 0.15) is 6.04 Å². The lowest BCUT2D eigenvalue weighted by Crippen LogP contribution is -2.52. The first-order valence-corrected chi connectivity index (χ1v) is 11.7. The molecule has 0 spiro atoms. The monoisotopic (exact) mass is 461 g/mol.